The molecule has 1 N–H and O–H groups in total. The third kappa shape index (κ3) is 3.72. The average molecular weight is 319 g/mol. The maximum Gasteiger partial charge on any atom is 0.266 e. The predicted molar refractivity (Wildman–Crippen MR) is 89.3 cm³/mol. The first-order chi connectivity index (χ1) is 10.5. The van der Waals surface area contributed by atoms with Crippen LogP contribution in [0.3, 0.4) is 0 Å². The largest absolute Gasteiger partial charge is 0.468 e. The summed E-state index contributed by atoms with van der Waals surface area (Å²) in [5, 5.41) is 10.2. The Kier molecular flexibility index (Phi) is 5.69. The number of rotatable bonds is 6. The standard InChI is InChI=1S/C17H21NO3S/c1-3-7-15(19)12(2)16(20)18-14(11-21-17(18)22)10-13-8-5-4-6-9-13/h3-6,8-9,12,14-15,19H,1,7,10-11H2,2H3/t12-,14-,15+/m1/s1. The maximum atomic E-state index is 12.6. The molecule has 1 aliphatic heterocycles. The van der Waals surface area contributed by atoms with Gasteiger partial charge in [0.2, 0.25) is 5.91 Å². The molecule has 0 saturated carbocycles. The quantitative estimate of drug-likeness (QED) is 0.646. The van der Waals surface area contributed by atoms with Crippen LogP contribution in [0.25, 0.3) is 0 Å². The number of nitrogens with zero attached hydrogens (tertiary/aromatic N) is 1. The molecule has 4 nitrogen and oxygen atoms in total. The average Bonchev–Trinajstić information content (AvgIpc) is 2.87. The molecule has 1 aromatic rings. The molecule has 2 rings (SSSR count). The molecule has 0 aliphatic carbocycles. The third-order valence-electron chi connectivity index (χ3n) is 3.89. The summed E-state index contributed by atoms with van der Waals surface area (Å²) in [5.74, 6) is -0.742. The number of carbonyl (C=O) groups excluding carboxylic acids is 1. The Hall–Kier alpha value is -1.72. The van der Waals surface area contributed by atoms with Crippen molar-refractivity contribution in [1.29, 1.82) is 0 Å². The van der Waals surface area contributed by atoms with Crippen molar-refractivity contribution in [2.75, 3.05) is 6.61 Å². The van der Waals surface area contributed by atoms with E-state index in [0.717, 1.165) is 5.56 Å². The van der Waals surface area contributed by atoms with E-state index < -0.39 is 12.0 Å². The lowest BCUT2D eigenvalue weighted by Crippen LogP contribution is -2.45. The zero-order chi connectivity index (χ0) is 16.1. The number of hydrogen-bond donors (Lipinski definition) is 1. The van der Waals surface area contributed by atoms with Crippen molar-refractivity contribution in [3.8, 4) is 0 Å². The number of ether oxygens (including phenoxy) is 1. The number of amides is 1. The van der Waals surface area contributed by atoms with Crippen molar-refractivity contribution in [2.24, 2.45) is 5.92 Å². The van der Waals surface area contributed by atoms with Crippen molar-refractivity contribution < 1.29 is 14.6 Å². The first-order valence-corrected chi connectivity index (χ1v) is 7.78. The van der Waals surface area contributed by atoms with E-state index >= 15 is 0 Å². The molecule has 5 heteroatoms. The molecule has 0 unspecified atom stereocenters. The van der Waals surface area contributed by atoms with E-state index in [1.165, 1.54) is 4.90 Å². The highest BCUT2D eigenvalue weighted by Gasteiger charge is 2.38. The molecule has 118 valence electrons. The summed E-state index contributed by atoms with van der Waals surface area (Å²) in [7, 11) is 0. The van der Waals surface area contributed by atoms with Crippen molar-refractivity contribution >= 4 is 23.3 Å². The van der Waals surface area contributed by atoms with Gasteiger partial charge in [-0.1, -0.05) is 43.3 Å². The topological polar surface area (TPSA) is 49.8 Å². The summed E-state index contributed by atoms with van der Waals surface area (Å²) >= 11 is 5.16. The lowest BCUT2D eigenvalue weighted by Gasteiger charge is -2.26. The van der Waals surface area contributed by atoms with Gasteiger partial charge in [-0.05, 0) is 30.6 Å². The summed E-state index contributed by atoms with van der Waals surface area (Å²) in [6, 6.07) is 9.79. The van der Waals surface area contributed by atoms with Crippen molar-refractivity contribution in [3.63, 3.8) is 0 Å². The molecular weight excluding hydrogens is 298 g/mol. The SMILES string of the molecule is C=CC[C@H](O)[C@@H](C)C(=O)N1C(=S)OC[C@H]1Cc1ccccc1. The van der Waals surface area contributed by atoms with Crippen LogP contribution in [0, 0.1) is 5.92 Å². The second kappa shape index (κ2) is 7.51. The van der Waals surface area contributed by atoms with Gasteiger partial charge in [-0.2, -0.15) is 0 Å². The third-order valence-corrected chi connectivity index (χ3v) is 4.20. The number of carbonyl (C=O) groups is 1. The van der Waals surface area contributed by atoms with Crippen molar-refractivity contribution in [3.05, 3.63) is 48.6 Å². The lowest BCUT2D eigenvalue weighted by atomic mass is 9.98. The van der Waals surface area contributed by atoms with Crippen LogP contribution in [0.2, 0.25) is 0 Å². The zero-order valence-corrected chi connectivity index (χ0v) is 13.5. The summed E-state index contributed by atoms with van der Waals surface area (Å²) in [4.78, 5) is 14.1. The number of aliphatic hydroxyl groups is 1. The van der Waals surface area contributed by atoms with Gasteiger partial charge < -0.3 is 9.84 Å². The van der Waals surface area contributed by atoms with E-state index in [9.17, 15) is 9.90 Å². The van der Waals surface area contributed by atoms with E-state index in [0.29, 0.717) is 19.4 Å². The Bertz CT molecular complexity index is 546. The number of thiocarbonyl (C=S) groups is 1. The Morgan fingerprint density at radius 1 is 1.55 bits per heavy atom. The molecule has 3 atom stereocenters. The van der Waals surface area contributed by atoms with Crippen LogP contribution in [0.15, 0.2) is 43.0 Å². The van der Waals surface area contributed by atoms with Gasteiger partial charge in [0.25, 0.3) is 5.17 Å². The van der Waals surface area contributed by atoms with Crippen molar-refractivity contribution in [1.82, 2.24) is 4.90 Å². The smallest absolute Gasteiger partial charge is 0.266 e. The van der Waals surface area contributed by atoms with Crippen LogP contribution in [0.4, 0.5) is 0 Å². The van der Waals surface area contributed by atoms with Gasteiger partial charge in [-0.3, -0.25) is 9.69 Å². The fourth-order valence-electron chi connectivity index (χ4n) is 2.53. The van der Waals surface area contributed by atoms with Gasteiger partial charge in [-0.15, -0.1) is 6.58 Å². The normalized spacial score (nSPS) is 20.4. The monoisotopic (exact) mass is 319 g/mol. The van der Waals surface area contributed by atoms with Crippen LogP contribution < -0.4 is 0 Å². The molecule has 1 aliphatic rings. The number of aliphatic hydroxyl groups excluding tert-OH is 1. The lowest BCUT2D eigenvalue weighted by molar-refractivity contribution is -0.135. The minimum absolute atomic E-state index is 0.124. The Morgan fingerprint density at radius 2 is 2.23 bits per heavy atom. The van der Waals surface area contributed by atoms with Crippen LogP contribution >= 0.6 is 12.2 Å². The number of hydrogen-bond acceptors (Lipinski definition) is 4. The van der Waals surface area contributed by atoms with Gasteiger partial charge in [0, 0.05) is 0 Å². The molecule has 0 radical (unpaired) electrons. The summed E-state index contributed by atoms with van der Waals surface area (Å²) < 4.78 is 5.40. The molecule has 0 aromatic heterocycles. The van der Waals surface area contributed by atoms with E-state index in [1.807, 2.05) is 30.3 Å². The maximum absolute atomic E-state index is 12.6. The van der Waals surface area contributed by atoms with E-state index in [4.69, 9.17) is 17.0 Å². The molecule has 0 bridgehead atoms. The molecule has 1 saturated heterocycles. The van der Waals surface area contributed by atoms with E-state index in [2.05, 4.69) is 6.58 Å². The molecule has 22 heavy (non-hydrogen) atoms. The first-order valence-electron chi connectivity index (χ1n) is 7.37. The van der Waals surface area contributed by atoms with Crippen LogP contribution in [-0.2, 0) is 16.0 Å². The number of benzene rings is 1. The first kappa shape index (κ1) is 16.6. The highest BCUT2D eigenvalue weighted by Crippen LogP contribution is 2.22. The molecule has 1 aromatic carbocycles. The van der Waals surface area contributed by atoms with Gasteiger partial charge >= 0.3 is 0 Å². The summed E-state index contributed by atoms with van der Waals surface area (Å²) in [5.41, 5.74) is 1.12. The Balaban J connectivity index is 2.10. The highest BCUT2D eigenvalue weighted by molar-refractivity contribution is 7.80. The fourth-order valence-corrected chi connectivity index (χ4v) is 2.83. The van der Waals surface area contributed by atoms with Gasteiger partial charge in [0.1, 0.15) is 6.61 Å². The highest BCUT2D eigenvalue weighted by atomic mass is 32.1. The van der Waals surface area contributed by atoms with Crippen LogP contribution in [0.1, 0.15) is 18.9 Å². The van der Waals surface area contributed by atoms with Gasteiger partial charge in [0.15, 0.2) is 0 Å². The summed E-state index contributed by atoms with van der Waals surface area (Å²) in [6.07, 6.45) is 1.90. The fraction of sp³-hybridized carbons (Fsp3) is 0.412. The minimum atomic E-state index is -0.759. The van der Waals surface area contributed by atoms with Crippen LogP contribution in [-0.4, -0.2) is 39.8 Å². The van der Waals surface area contributed by atoms with Gasteiger partial charge in [0.05, 0.1) is 18.1 Å². The van der Waals surface area contributed by atoms with Crippen molar-refractivity contribution in [2.45, 2.75) is 31.9 Å². The van der Waals surface area contributed by atoms with E-state index in [1.54, 1.807) is 13.0 Å². The molecule has 1 fully saturated rings. The van der Waals surface area contributed by atoms with Crippen LogP contribution in [0.5, 0.6) is 0 Å². The second-order valence-electron chi connectivity index (χ2n) is 5.51. The zero-order valence-electron chi connectivity index (χ0n) is 12.6. The minimum Gasteiger partial charge on any atom is -0.468 e. The predicted octanol–water partition coefficient (Wildman–Crippen LogP) is 2.31. The molecule has 1 heterocycles. The summed E-state index contributed by atoms with van der Waals surface area (Å²) in [6.45, 7) is 5.69. The Morgan fingerprint density at radius 3 is 2.86 bits per heavy atom. The molecule has 1 amide bonds. The molecular formula is C17H21NO3S. The Labute approximate surface area is 136 Å². The second-order valence-corrected chi connectivity index (χ2v) is 5.86. The van der Waals surface area contributed by atoms with E-state index in [-0.39, 0.29) is 17.1 Å². The van der Waals surface area contributed by atoms with Gasteiger partial charge in [-0.25, -0.2) is 0 Å². The molecule has 0 spiro atoms.